The van der Waals surface area contributed by atoms with Gasteiger partial charge in [-0.3, -0.25) is 0 Å². The molecule has 0 radical (unpaired) electrons. The predicted octanol–water partition coefficient (Wildman–Crippen LogP) is 4.14. The fourth-order valence-electron chi connectivity index (χ4n) is 4.04. The lowest BCUT2D eigenvalue weighted by Crippen LogP contribution is -2.38. The topological polar surface area (TPSA) is 20.2 Å². The zero-order valence-electron chi connectivity index (χ0n) is 11.0. The Balaban J connectivity index is 1.95. The number of rotatable bonds is 3. The number of hydrogen-bond acceptors (Lipinski definition) is 1. The lowest BCUT2D eigenvalue weighted by Gasteiger charge is -2.39. The monoisotopic (exact) mass is 224 g/mol. The maximum absolute atomic E-state index is 10.6. The Labute approximate surface area is 101 Å². The van der Waals surface area contributed by atoms with E-state index in [1.54, 1.807) is 0 Å². The van der Waals surface area contributed by atoms with Crippen LogP contribution in [0.5, 0.6) is 0 Å². The van der Waals surface area contributed by atoms with Gasteiger partial charge in [0.1, 0.15) is 0 Å². The summed E-state index contributed by atoms with van der Waals surface area (Å²) in [5.74, 6) is 1.49. The van der Waals surface area contributed by atoms with Crippen molar-refractivity contribution in [2.45, 2.75) is 77.7 Å². The van der Waals surface area contributed by atoms with Gasteiger partial charge in [-0.05, 0) is 42.9 Å². The third kappa shape index (κ3) is 2.45. The van der Waals surface area contributed by atoms with Crippen molar-refractivity contribution in [3.8, 4) is 0 Å². The zero-order valence-corrected chi connectivity index (χ0v) is 11.0. The molecule has 2 fully saturated rings. The molecule has 2 aliphatic carbocycles. The predicted molar refractivity (Wildman–Crippen MR) is 68.3 cm³/mol. The first-order chi connectivity index (χ1) is 7.65. The van der Waals surface area contributed by atoms with Gasteiger partial charge in [0.05, 0.1) is 6.10 Å². The largest absolute Gasteiger partial charge is 0.392 e. The summed E-state index contributed by atoms with van der Waals surface area (Å²) >= 11 is 0. The molecule has 0 spiro atoms. The molecular formula is C15H28O. The van der Waals surface area contributed by atoms with E-state index in [1.165, 1.54) is 57.8 Å². The van der Waals surface area contributed by atoms with Crippen molar-refractivity contribution in [2.24, 2.45) is 17.3 Å². The van der Waals surface area contributed by atoms with Crippen LogP contribution in [0.2, 0.25) is 0 Å². The second kappa shape index (κ2) is 5.08. The molecule has 0 aromatic rings. The summed E-state index contributed by atoms with van der Waals surface area (Å²) in [6.07, 6.45) is 11.7. The fourth-order valence-corrected chi connectivity index (χ4v) is 4.04. The maximum Gasteiger partial charge on any atom is 0.0622 e. The number of aliphatic hydroxyl groups excluding tert-OH is 1. The van der Waals surface area contributed by atoms with Gasteiger partial charge in [-0.25, -0.2) is 0 Å². The summed E-state index contributed by atoms with van der Waals surface area (Å²) in [4.78, 5) is 0. The van der Waals surface area contributed by atoms with E-state index >= 15 is 0 Å². The molecule has 3 unspecified atom stereocenters. The third-order valence-electron chi connectivity index (χ3n) is 5.31. The molecule has 0 heterocycles. The Morgan fingerprint density at radius 3 is 2.50 bits per heavy atom. The molecule has 0 aromatic heterocycles. The lowest BCUT2D eigenvalue weighted by atomic mass is 9.69. The van der Waals surface area contributed by atoms with Gasteiger partial charge in [0, 0.05) is 0 Å². The molecule has 0 aliphatic heterocycles. The highest BCUT2D eigenvalue weighted by Gasteiger charge is 2.41. The Hall–Kier alpha value is -0.0400. The minimum atomic E-state index is -0.0238. The normalized spacial score (nSPS) is 36.2. The Bertz CT molecular complexity index is 217. The van der Waals surface area contributed by atoms with E-state index in [2.05, 4.69) is 13.8 Å². The van der Waals surface area contributed by atoms with E-state index in [0.717, 1.165) is 5.92 Å². The molecule has 1 N–H and O–H groups in total. The highest BCUT2D eigenvalue weighted by Crippen LogP contribution is 2.46. The van der Waals surface area contributed by atoms with Crippen LogP contribution in [-0.2, 0) is 0 Å². The van der Waals surface area contributed by atoms with E-state index in [-0.39, 0.29) is 11.5 Å². The number of hydrogen-bond donors (Lipinski definition) is 1. The molecule has 2 saturated carbocycles. The van der Waals surface area contributed by atoms with E-state index in [9.17, 15) is 5.11 Å². The molecule has 3 atom stereocenters. The van der Waals surface area contributed by atoms with E-state index < -0.39 is 0 Å². The average molecular weight is 224 g/mol. The summed E-state index contributed by atoms with van der Waals surface area (Å²) in [7, 11) is 0. The van der Waals surface area contributed by atoms with Gasteiger partial charge in [0.25, 0.3) is 0 Å². The van der Waals surface area contributed by atoms with Crippen LogP contribution >= 0.6 is 0 Å². The molecule has 16 heavy (non-hydrogen) atoms. The number of aliphatic hydroxyl groups is 1. The smallest absolute Gasteiger partial charge is 0.0622 e. The van der Waals surface area contributed by atoms with Gasteiger partial charge < -0.3 is 5.11 Å². The first-order valence-corrected chi connectivity index (χ1v) is 7.34. The van der Waals surface area contributed by atoms with Gasteiger partial charge in [-0.15, -0.1) is 0 Å². The van der Waals surface area contributed by atoms with Crippen LogP contribution in [0.3, 0.4) is 0 Å². The molecule has 2 rings (SSSR count). The SMILES string of the molecule is CCC1CCCC(C(O)C2(C)CCCC2)C1. The van der Waals surface area contributed by atoms with Crippen molar-refractivity contribution in [3.05, 3.63) is 0 Å². The van der Waals surface area contributed by atoms with Gasteiger partial charge in [0.2, 0.25) is 0 Å². The first-order valence-electron chi connectivity index (χ1n) is 7.34. The van der Waals surface area contributed by atoms with Crippen LogP contribution < -0.4 is 0 Å². The second-order valence-electron chi connectivity index (χ2n) is 6.51. The lowest BCUT2D eigenvalue weighted by molar-refractivity contribution is -0.0259. The summed E-state index contributed by atoms with van der Waals surface area (Å²) in [6.45, 7) is 4.62. The molecule has 1 nitrogen and oxygen atoms in total. The van der Waals surface area contributed by atoms with Crippen molar-refractivity contribution in [1.82, 2.24) is 0 Å². The second-order valence-corrected chi connectivity index (χ2v) is 6.51. The quantitative estimate of drug-likeness (QED) is 0.763. The fraction of sp³-hybridized carbons (Fsp3) is 1.00. The molecule has 1 heteroatoms. The van der Waals surface area contributed by atoms with Crippen molar-refractivity contribution in [1.29, 1.82) is 0 Å². The van der Waals surface area contributed by atoms with Gasteiger partial charge in [-0.1, -0.05) is 46.0 Å². The minimum absolute atomic E-state index is 0.0238. The van der Waals surface area contributed by atoms with Crippen LogP contribution in [0.25, 0.3) is 0 Å². The molecule has 0 aromatic carbocycles. The van der Waals surface area contributed by atoms with Gasteiger partial charge >= 0.3 is 0 Å². The van der Waals surface area contributed by atoms with Crippen LogP contribution in [0.15, 0.2) is 0 Å². The minimum Gasteiger partial charge on any atom is -0.392 e. The molecular weight excluding hydrogens is 196 g/mol. The first kappa shape index (κ1) is 12.4. The Kier molecular flexibility index (Phi) is 3.94. The van der Waals surface area contributed by atoms with Crippen molar-refractivity contribution >= 4 is 0 Å². The highest BCUT2D eigenvalue weighted by atomic mass is 16.3. The standard InChI is InChI=1S/C15H28O/c1-3-12-7-6-8-13(11-12)14(16)15(2)9-4-5-10-15/h12-14,16H,3-11H2,1-2H3. The average Bonchev–Trinajstić information content (AvgIpc) is 2.76. The van der Waals surface area contributed by atoms with Gasteiger partial charge in [-0.2, -0.15) is 0 Å². The van der Waals surface area contributed by atoms with Gasteiger partial charge in [0.15, 0.2) is 0 Å². The maximum atomic E-state index is 10.6. The Morgan fingerprint density at radius 1 is 1.19 bits per heavy atom. The van der Waals surface area contributed by atoms with Crippen molar-refractivity contribution in [2.75, 3.05) is 0 Å². The van der Waals surface area contributed by atoms with E-state index in [1.807, 2.05) is 0 Å². The highest BCUT2D eigenvalue weighted by molar-refractivity contribution is 4.92. The van der Waals surface area contributed by atoms with E-state index in [0.29, 0.717) is 5.92 Å². The molecule has 0 amide bonds. The summed E-state index contributed by atoms with van der Waals surface area (Å²) in [5.41, 5.74) is 0.250. The van der Waals surface area contributed by atoms with Crippen LogP contribution in [0, 0.1) is 17.3 Å². The van der Waals surface area contributed by atoms with Crippen LogP contribution in [0.4, 0.5) is 0 Å². The van der Waals surface area contributed by atoms with Crippen molar-refractivity contribution < 1.29 is 5.11 Å². The molecule has 2 aliphatic rings. The zero-order chi connectivity index (χ0) is 11.6. The van der Waals surface area contributed by atoms with Crippen molar-refractivity contribution in [3.63, 3.8) is 0 Å². The summed E-state index contributed by atoms with van der Waals surface area (Å²) < 4.78 is 0. The molecule has 94 valence electrons. The van der Waals surface area contributed by atoms with E-state index in [4.69, 9.17) is 0 Å². The van der Waals surface area contributed by atoms with Crippen LogP contribution in [-0.4, -0.2) is 11.2 Å². The molecule has 0 bridgehead atoms. The Morgan fingerprint density at radius 2 is 1.88 bits per heavy atom. The summed E-state index contributed by atoms with van der Waals surface area (Å²) in [5, 5.41) is 10.6. The van der Waals surface area contributed by atoms with Crippen LogP contribution in [0.1, 0.15) is 71.6 Å². The molecule has 0 saturated heterocycles. The third-order valence-corrected chi connectivity index (χ3v) is 5.31. The summed E-state index contributed by atoms with van der Waals surface area (Å²) in [6, 6.07) is 0.